The van der Waals surface area contributed by atoms with E-state index in [2.05, 4.69) is 10.2 Å². The minimum atomic E-state index is 0.212. The maximum atomic E-state index is 11.3. The fourth-order valence-corrected chi connectivity index (χ4v) is 2.41. The highest BCUT2D eigenvalue weighted by atomic mass is 16.2. The van der Waals surface area contributed by atoms with Crippen LogP contribution in [0.2, 0.25) is 0 Å². The molecule has 1 saturated heterocycles. The van der Waals surface area contributed by atoms with Crippen LogP contribution in [0.4, 0.5) is 0 Å². The monoisotopic (exact) mass is 182 g/mol. The minimum Gasteiger partial charge on any atom is -0.355 e. The summed E-state index contributed by atoms with van der Waals surface area (Å²) in [6.45, 7) is 2.59. The zero-order valence-corrected chi connectivity index (χ0v) is 8.09. The first-order valence-corrected chi connectivity index (χ1v) is 5.37. The molecule has 1 heterocycles. The van der Waals surface area contributed by atoms with E-state index in [1.807, 2.05) is 0 Å². The molecule has 0 spiro atoms. The standard InChI is InChI=1S/C10H18N2O/c13-10-8-12(7-3-6-11-10)9-4-1-2-5-9/h9H,1-8H2,(H,11,13). The normalized spacial score (nSPS) is 27.2. The molecule has 0 radical (unpaired) electrons. The highest BCUT2D eigenvalue weighted by Crippen LogP contribution is 2.23. The van der Waals surface area contributed by atoms with Crippen molar-refractivity contribution in [2.75, 3.05) is 19.6 Å². The van der Waals surface area contributed by atoms with Crippen LogP contribution in [0, 0.1) is 0 Å². The fourth-order valence-electron chi connectivity index (χ4n) is 2.41. The molecule has 1 aliphatic heterocycles. The van der Waals surface area contributed by atoms with E-state index < -0.39 is 0 Å². The molecule has 2 fully saturated rings. The van der Waals surface area contributed by atoms with E-state index in [1.165, 1.54) is 25.7 Å². The Morgan fingerprint density at radius 2 is 2.00 bits per heavy atom. The third-order valence-electron chi connectivity index (χ3n) is 3.13. The van der Waals surface area contributed by atoms with Crippen molar-refractivity contribution in [2.24, 2.45) is 0 Å². The second kappa shape index (κ2) is 4.09. The van der Waals surface area contributed by atoms with E-state index in [9.17, 15) is 4.79 Å². The highest BCUT2D eigenvalue weighted by Gasteiger charge is 2.25. The van der Waals surface area contributed by atoms with Gasteiger partial charge in [0.25, 0.3) is 0 Å². The lowest BCUT2D eigenvalue weighted by molar-refractivity contribution is -0.121. The van der Waals surface area contributed by atoms with Crippen molar-refractivity contribution in [3.8, 4) is 0 Å². The Bertz CT molecular complexity index is 187. The third-order valence-corrected chi connectivity index (χ3v) is 3.13. The second-order valence-corrected chi connectivity index (χ2v) is 4.11. The summed E-state index contributed by atoms with van der Waals surface area (Å²) in [6.07, 6.45) is 6.41. The average Bonchev–Trinajstić information content (AvgIpc) is 2.56. The summed E-state index contributed by atoms with van der Waals surface area (Å²) in [5.74, 6) is 0.212. The Morgan fingerprint density at radius 1 is 1.23 bits per heavy atom. The number of rotatable bonds is 1. The summed E-state index contributed by atoms with van der Waals surface area (Å²) in [5.41, 5.74) is 0. The van der Waals surface area contributed by atoms with Gasteiger partial charge in [-0.3, -0.25) is 9.69 Å². The van der Waals surface area contributed by atoms with Crippen molar-refractivity contribution in [3.05, 3.63) is 0 Å². The predicted octanol–water partition coefficient (Wildman–Crippen LogP) is 0.751. The number of hydrogen-bond donors (Lipinski definition) is 1. The predicted molar refractivity (Wildman–Crippen MR) is 51.5 cm³/mol. The van der Waals surface area contributed by atoms with Crippen molar-refractivity contribution in [3.63, 3.8) is 0 Å². The Balaban J connectivity index is 1.92. The van der Waals surface area contributed by atoms with Crippen LogP contribution in [0.15, 0.2) is 0 Å². The molecule has 0 bridgehead atoms. The largest absolute Gasteiger partial charge is 0.355 e. The Morgan fingerprint density at radius 3 is 2.77 bits per heavy atom. The van der Waals surface area contributed by atoms with Crippen LogP contribution < -0.4 is 5.32 Å². The van der Waals surface area contributed by atoms with E-state index in [4.69, 9.17) is 0 Å². The highest BCUT2D eigenvalue weighted by molar-refractivity contribution is 5.78. The van der Waals surface area contributed by atoms with Gasteiger partial charge in [-0.05, 0) is 19.3 Å². The summed E-state index contributed by atoms with van der Waals surface area (Å²) < 4.78 is 0. The van der Waals surface area contributed by atoms with Crippen molar-refractivity contribution >= 4 is 5.91 Å². The van der Waals surface area contributed by atoms with Gasteiger partial charge in [-0.15, -0.1) is 0 Å². The molecule has 3 heteroatoms. The minimum absolute atomic E-state index is 0.212. The Kier molecular flexibility index (Phi) is 2.83. The van der Waals surface area contributed by atoms with E-state index >= 15 is 0 Å². The molecule has 0 aromatic heterocycles. The Labute approximate surface area is 79.5 Å². The maximum absolute atomic E-state index is 11.3. The molecular formula is C10H18N2O. The van der Waals surface area contributed by atoms with Crippen LogP contribution >= 0.6 is 0 Å². The van der Waals surface area contributed by atoms with Gasteiger partial charge >= 0.3 is 0 Å². The topological polar surface area (TPSA) is 32.3 Å². The number of carbonyl (C=O) groups excluding carboxylic acids is 1. The van der Waals surface area contributed by atoms with Crippen LogP contribution in [-0.4, -0.2) is 36.5 Å². The number of nitrogens with zero attached hydrogens (tertiary/aromatic N) is 1. The molecule has 2 aliphatic rings. The molecule has 0 aromatic rings. The lowest BCUT2D eigenvalue weighted by atomic mass is 10.2. The van der Waals surface area contributed by atoms with Crippen molar-refractivity contribution < 1.29 is 4.79 Å². The summed E-state index contributed by atoms with van der Waals surface area (Å²) in [4.78, 5) is 13.7. The van der Waals surface area contributed by atoms with E-state index in [-0.39, 0.29) is 5.91 Å². The van der Waals surface area contributed by atoms with Crippen molar-refractivity contribution in [2.45, 2.75) is 38.1 Å². The lowest BCUT2D eigenvalue weighted by Crippen LogP contribution is -2.38. The van der Waals surface area contributed by atoms with Gasteiger partial charge in [0.2, 0.25) is 5.91 Å². The zero-order chi connectivity index (χ0) is 9.10. The van der Waals surface area contributed by atoms with Gasteiger partial charge in [0.05, 0.1) is 6.54 Å². The van der Waals surface area contributed by atoms with Crippen LogP contribution in [-0.2, 0) is 4.79 Å². The first kappa shape index (κ1) is 9.00. The van der Waals surface area contributed by atoms with Crippen LogP contribution in [0.3, 0.4) is 0 Å². The first-order valence-electron chi connectivity index (χ1n) is 5.37. The smallest absolute Gasteiger partial charge is 0.234 e. The SMILES string of the molecule is O=C1CN(C2CCCC2)CCCN1. The molecule has 1 aliphatic carbocycles. The Hall–Kier alpha value is -0.570. The van der Waals surface area contributed by atoms with Gasteiger partial charge in [0.1, 0.15) is 0 Å². The zero-order valence-electron chi connectivity index (χ0n) is 8.09. The quantitative estimate of drug-likeness (QED) is 0.649. The number of carbonyl (C=O) groups is 1. The number of amides is 1. The van der Waals surface area contributed by atoms with Gasteiger partial charge in [-0.25, -0.2) is 0 Å². The third kappa shape index (κ3) is 2.21. The molecule has 0 aromatic carbocycles. The summed E-state index contributed by atoms with van der Waals surface area (Å²) in [5, 5.41) is 2.92. The molecule has 74 valence electrons. The first-order chi connectivity index (χ1) is 6.36. The molecular weight excluding hydrogens is 164 g/mol. The van der Waals surface area contributed by atoms with Crippen LogP contribution in [0.1, 0.15) is 32.1 Å². The molecule has 1 N–H and O–H groups in total. The van der Waals surface area contributed by atoms with Crippen molar-refractivity contribution in [1.29, 1.82) is 0 Å². The maximum Gasteiger partial charge on any atom is 0.234 e. The van der Waals surface area contributed by atoms with Crippen LogP contribution in [0.25, 0.3) is 0 Å². The van der Waals surface area contributed by atoms with E-state index in [0.717, 1.165) is 19.5 Å². The van der Waals surface area contributed by atoms with E-state index in [0.29, 0.717) is 12.6 Å². The van der Waals surface area contributed by atoms with Gasteiger partial charge in [-0.2, -0.15) is 0 Å². The van der Waals surface area contributed by atoms with Gasteiger partial charge in [-0.1, -0.05) is 12.8 Å². The summed E-state index contributed by atoms with van der Waals surface area (Å²) in [7, 11) is 0. The molecule has 13 heavy (non-hydrogen) atoms. The molecule has 3 nitrogen and oxygen atoms in total. The van der Waals surface area contributed by atoms with Gasteiger partial charge < -0.3 is 5.32 Å². The molecule has 1 saturated carbocycles. The molecule has 0 unspecified atom stereocenters. The van der Waals surface area contributed by atoms with Gasteiger partial charge in [0.15, 0.2) is 0 Å². The lowest BCUT2D eigenvalue weighted by Gasteiger charge is -2.25. The van der Waals surface area contributed by atoms with E-state index in [1.54, 1.807) is 0 Å². The molecule has 1 amide bonds. The van der Waals surface area contributed by atoms with Crippen LogP contribution in [0.5, 0.6) is 0 Å². The molecule has 2 rings (SSSR count). The van der Waals surface area contributed by atoms with Crippen molar-refractivity contribution in [1.82, 2.24) is 10.2 Å². The number of nitrogens with one attached hydrogen (secondary N) is 1. The average molecular weight is 182 g/mol. The second-order valence-electron chi connectivity index (χ2n) is 4.11. The van der Waals surface area contributed by atoms with Gasteiger partial charge in [0, 0.05) is 19.1 Å². The fraction of sp³-hybridized carbons (Fsp3) is 0.900. The molecule has 0 atom stereocenters. The number of hydrogen-bond acceptors (Lipinski definition) is 2. The summed E-state index contributed by atoms with van der Waals surface area (Å²) in [6, 6.07) is 0.698. The summed E-state index contributed by atoms with van der Waals surface area (Å²) >= 11 is 0.